The van der Waals surface area contributed by atoms with Gasteiger partial charge in [-0.05, 0) is 13.8 Å². The highest BCUT2D eigenvalue weighted by atomic mass is 32.1. The number of hydrogen-bond acceptors (Lipinski definition) is 6. The second kappa shape index (κ2) is 4.75. The van der Waals surface area contributed by atoms with Crippen LogP contribution in [0.15, 0.2) is 0 Å². The molecule has 1 saturated heterocycles. The smallest absolute Gasteiger partial charge is 0.202 e. The third kappa shape index (κ3) is 3.40. The normalized spacial score (nSPS) is 23.3. The zero-order valence-electron chi connectivity index (χ0n) is 11.6. The minimum Gasteiger partial charge on any atom is -0.358 e. The monoisotopic (exact) mass is 271 g/mol. The zero-order chi connectivity index (χ0) is 13.4. The first kappa shape index (κ1) is 13.7. The van der Waals surface area contributed by atoms with Crippen LogP contribution >= 0.6 is 11.5 Å². The summed E-state index contributed by atoms with van der Waals surface area (Å²) in [4.78, 5) is 4.48. The Balaban J connectivity index is 1.86. The second-order valence-corrected chi connectivity index (χ2v) is 6.76. The van der Waals surface area contributed by atoms with Gasteiger partial charge in [0, 0.05) is 23.5 Å². The van der Waals surface area contributed by atoms with Crippen LogP contribution in [0.25, 0.3) is 0 Å². The van der Waals surface area contributed by atoms with Crippen LogP contribution < -0.4 is 5.32 Å². The molecule has 1 aromatic rings. The van der Waals surface area contributed by atoms with E-state index < -0.39 is 5.79 Å². The largest absolute Gasteiger partial charge is 0.358 e. The maximum absolute atomic E-state index is 5.72. The second-order valence-electron chi connectivity index (χ2n) is 6.00. The van der Waals surface area contributed by atoms with Crippen molar-refractivity contribution in [2.24, 2.45) is 0 Å². The molecule has 18 heavy (non-hydrogen) atoms. The van der Waals surface area contributed by atoms with Crippen molar-refractivity contribution in [3.63, 3.8) is 0 Å². The van der Waals surface area contributed by atoms with Crippen LogP contribution in [0.1, 0.15) is 40.4 Å². The van der Waals surface area contributed by atoms with Crippen LogP contribution in [0.5, 0.6) is 0 Å². The van der Waals surface area contributed by atoms with Gasteiger partial charge in [0.1, 0.15) is 11.9 Å². The molecule has 6 heteroatoms. The first-order valence-electron chi connectivity index (χ1n) is 6.16. The predicted octanol–water partition coefficient (Wildman–Crippen LogP) is 2.40. The summed E-state index contributed by atoms with van der Waals surface area (Å²) in [6.45, 7) is 11.5. The molecule has 1 N–H and O–H groups in total. The number of rotatable bonds is 3. The van der Waals surface area contributed by atoms with E-state index in [4.69, 9.17) is 9.47 Å². The molecule has 0 saturated carbocycles. The SMILES string of the molecule is CC1(C)OCC(CNc2nc(C(C)(C)C)ns2)O1. The van der Waals surface area contributed by atoms with Crippen molar-refractivity contribution in [2.75, 3.05) is 18.5 Å². The molecular formula is C12H21N3O2S. The van der Waals surface area contributed by atoms with Crippen molar-refractivity contribution >= 4 is 16.7 Å². The van der Waals surface area contributed by atoms with Gasteiger partial charge >= 0.3 is 0 Å². The summed E-state index contributed by atoms with van der Waals surface area (Å²) < 4.78 is 15.6. The number of anilines is 1. The molecule has 1 unspecified atom stereocenters. The molecule has 0 amide bonds. The van der Waals surface area contributed by atoms with Gasteiger partial charge in [0.15, 0.2) is 5.79 Å². The Kier molecular flexibility index (Phi) is 3.62. The summed E-state index contributed by atoms with van der Waals surface area (Å²) in [5, 5.41) is 4.10. The molecule has 1 aliphatic heterocycles. The van der Waals surface area contributed by atoms with Gasteiger partial charge in [0.2, 0.25) is 5.13 Å². The highest BCUT2D eigenvalue weighted by Gasteiger charge is 2.32. The van der Waals surface area contributed by atoms with Crippen LogP contribution in [-0.4, -0.2) is 34.4 Å². The third-order valence-electron chi connectivity index (χ3n) is 2.65. The quantitative estimate of drug-likeness (QED) is 0.915. The maximum Gasteiger partial charge on any atom is 0.202 e. The Morgan fingerprint density at radius 1 is 1.44 bits per heavy atom. The standard InChI is InChI=1S/C12H21N3O2S/c1-11(2,3)9-14-10(18-15-9)13-6-8-7-16-12(4,5)17-8/h8H,6-7H2,1-5H3,(H,13,14,15). The van der Waals surface area contributed by atoms with Crippen LogP contribution in [0.3, 0.4) is 0 Å². The Morgan fingerprint density at radius 2 is 2.17 bits per heavy atom. The molecule has 0 aliphatic carbocycles. The van der Waals surface area contributed by atoms with E-state index in [0.29, 0.717) is 13.2 Å². The van der Waals surface area contributed by atoms with E-state index in [2.05, 4.69) is 35.4 Å². The van der Waals surface area contributed by atoms with Crippen LogP contribution in [-0.2, 0) is 14.9 Å². The summed E-state index contributed by atoms with van der Waals surface area (Å²) in [6, 6.07) is 0. The highest BCUT2D eigenvalue weighted by Crippen LogP contribution is 2.25. The lowest BCUT2D eigenvalue weighted by Crippen LogP contribution is -2.26. The Labute approximate surface area is 112 Å². The van der Waals surface area contributed by atoms with Gasteiger partial charge in [-0.25, -0.2) is 4.98 Å². The Bertz CT molecular complexity index is 412. The summed E-state index contributed by atoms with van der Waals surface area (Å²) in [5.41, 5.74) is -0.00854. The molecule has 0 spiro atoms. The molecule has 1 atom stereocenters. The van der Waals surface area contributed by atoms with Gasteiger partial charge < -0.3 is 14.8 Å². The molecular weight excluding hydrogens is 250 g/mol. The van der Waals surface area contributed by atoms with E-state index >= 15 is 0 Å². The molecule has 1 aromatic heterocycles. The summed E-state index contributed by atoms with van der Waals surface area (Å²) in [5.74, 6) is 0.406. The van der Waals surface area contributed by atoms with Crippen LogP contribution in [0, 0.1) is 0 Å². The minimum absolute atomic E-state index is 0.00854. The van der Waals surface area contributed by atoms with Crippen molar-refractivity contribution in [2.45, 2.75) is 51.9 Å². The van der Waals surface area contributed by atoms with Crippen molar-refractivity contribution in [3.05, 3.63) is 5.82 Å². The Morgan fingerprint density at radius 3 is 2.67 bits per heavy atom. The topological polar surface area (TPSA) is 56.3 Å². The van der Waals surface area contributed by atoms with E-state index in [1.54, 1.807) is 0 Å². The number of nitrogens with one attached hydrogen (secondary N) is 1. The lowest BCUT2D eigenvalue weighted by molar-refractivity contribution is -0.136. The molecule has 2 rings (SSSR count). The maximum atomic E-state index is 5.72. The number of nitrogens with zero attached hydrogens (tertiary/aromatic N) is 2. The van der Waals surface area contributed by atoms with E-state index in [1.807, 2.05) is 13.8 Å². The summed E-state index contributed by atoms with van der Waals surface area (Å²) in [6.07, 6.45) is 0.0713. The van der Waals surface area contributed by atoms with Crippen LogP contribution in [0.2, 0.25) is 0 Å². The molecule has 0 radical (unpaired) electrons. The van der Waals surface area contributed by atoms with Crippen molar-refractivity contribution in [3.8, 4) is 0 Å². The van der Waals surface area contributed by atoms with E-state index in [1.165, 1.54) is 11.5 Å². The molecule has 102 valence electrons. The fraction of sp³-hybridized carbons (Fsp3) is 0.833. The lowest BCUT2D eigenvalue weighted by atomic mass is 9.96. The van der Waals surface area contributed by atoms with Gasteiger partial charge in [0.05, 0.1) is 6.61 Å². The van der Waals surface area contributed by atoms with E-state index in [9.17, 15) is 0 Å². The predicted molar refractivity (Wildman–Crippen MR) is 72.0 cm³/mol. The fourth-order valence-electron chi connectivity index (χ4n) is 1.66. The number of ether oxygens (including phenoxy) is 2. The number of aromatic nitrogens is 2. The molecule has 0 bridgehead atoms. The van der Waals surface area contributed by atoms with Crippen LogP contribution in [0.4, 0.5) is 5.13 Å². The van der Waals surface area contributed by atoms with Crippen molar-refractivity contribution in [1.29, 1.82) is 0 Å². The van der Waals surface area contributed by atoms with Gasteiger partial charge in [-0.2, -0.15) is 4.37 Å². The summed E-state index contributed by atoms with van der Waals surface area (Å²) >= 11 is 1.39. The van der Waals surface area contributed by atoms with Crippen molar-refractivity contribution < 1.29 is 9.47 Å². The first-order valence-corrected chi connectivity index (χ1v) is 6.93. The minimum atomic E-state index is -0.468. The number of hydrogen-bond donors (Lipinski definition) is 1. The fourth-order valence-corrected chi connectivity index (χ4v) is 2.43. The van der Waals surface area contributed by atoms with Crippen molar-refractivity contribution in [1.82, 2.24) is 9.36 Å². The van der Waals surface area contributed by atoms with Gasteiger partial charge in [-0.1, -0.05) is 20.8 Å². The summed E-state index contributed by atoms with van der Waals surface area (Å²) in [7, 11) is 0. The molecule has 0 aromatic carbocycles. The average Bonchev–Trinajstić information content (AvgIpc) is 2.80. The first-order chi connectivity index (χ1) is 8.26. The molecule has 1 aliphatic rings. The van der Waals surface area contributed by atoms with Gasteiger partial charge in [0.25, 0.3) is 0 Å². The zero-order valence-corrected chi connectivity index (χ0v) is 12.4. The van der Waals surface area contributed by atoms with E-state index in [0.717, 1.165) is 11.0 Å². The van der Waals surface area contributed by atoms with Gasteiger partial charge in [-0.3, -0.25) is 0 Å². The molecule has 5 nitrogen and oxygen atoms in total. The molecule has 2 heterocycles. The molecule has 1 fully saturated rings. The van der Waals surface area contributed by atoms with E-state index in [-0.39, 0.29) is 11.5 Å². The van der Waals surface area contributed by atoms with Gasteiger partial charge in [-0.15, -0.1) is 0 Å². The third-order valence-corrected chi connectivity index (χ3v) is 3.32. The lowest BCUT2D eigenvalue weighted by Gasteiger charge is -2.17. The Hall–Kier alpha value is -0.720. The average molecular weight is 271 g/mol. The highest BCUT2D eigenvalue weighted by molar-refractivity contribution is 7.09.